The van der Waals surface area contributed by atoms with E-state index in [2.05, 4.69) is 27.6 Å². The summed E-state index contributed by atoms with van der Waals surface area (Å²) in [5, 5.41) is 8.52. The Morgan fingerprint density at radius 1 is 1.46 bits per heavy atom. The predicted molar refractivity (Wildman–Crippen MR) is 50.3 cm³/mol. The molecular weight excluding hydrogens is 170 g/mol. The molecule has 6 nitrogen and oxygen atoms in total. The van der Waals surface area contributed by atoms with Crippen LogP contribution in [-0.4, -0.2) is 25.7 Å². The molecule has 74 valence electrons. The SMILES string of the molecule is CCCCNC(=O)NCCN=[N+]=[N-]. The Morgan fingerprint density at radius 2 is 2.15 bits per heavy atom. The lowest BCUT2D eigenvalue weighted by Gasteiger charge is -2.04. The van der Waals surface area contributed by atoms with E-state index < -0.39 is 0 Å². The molecule has 0 rings (SSSR count). The lowest BCUT2D eigenvalue weighted by atomic mass is 10.3. The van der Waals surface area contributed by atoms with Crippen molar-refractivity contribution in [2.45, 2.75) is 19.8 Å². The first kappa shape index (κ1) is 11.6. The number of unbranched alkanes of at least 4 members (excludes halogenated alkanes) is 1. The third-order valence-corrected chi connectivity index (χ3v) is 1.38. The van der Waals surface area contributed by atoms with E-state index in [-0.39, 0.29) is 12.6 Å². The lowest BCUT2D eigenvalue weighted by Crippen LogP contribution is -2.37. The minimum atomic E-state index is -0.207. The summed E-state index contributed by atoms with van der Waals surface area (Å²) < 4.78 is 0. The standard InChI is InChI=1S/C7H15N5O/c1-2-3-4-9-7(13)10-5-6-11-12-8/h2-6H2,1H3,(H2,9,10,13). The molecule has 0 aliphatic heterocycles. The van der Waals surface area contributed by atoms with Crippen LogP contribution in [0.2, 0.25) is 0 Å². The molecule has 2 N–H and O–H groups in total. The first-order valence-electron chi connectivity index (χ1n) is 4.33. The van der Waals surface area contributed by atoms with E-state index >= 15 is 0 Å². The molecule has 0 saturated carbocycles. The van der Waals surface area contributed by atoms with E-state index in [1.165, 1.54) is 0 Å². The van der Waals surface area contributed by atoms with Crippen molar-refractivity contribution in [1.82, 2.24) is 10.6 Å². The number of carbonyl (C=O) groups is 1. The zero-order valence-electron chi connectivity index (χ0n) is 7.79. The van der Waals surface area contributed by atoms with E-state index in [1.807, 2.05) is 0 Å². The maximum atomic E-state index is 10.9. The summed E-state index contributed by atoms with van der Waals surface area (Å²) in [5.74, 6) is 0. The van der Waals surface area contributed by atoms with Gasteiger partial charge in [-0.15, -0.1) is 0 Å². The highest BCUT2D eigenvalue weighted by atomic mass is 16.2. The Balaban J connectivity index is 3.24. The summed E-state index contributed by atoms with van der Waals surface area (Å²) in [6, 6.07) is -0.207. The molecule has 13 heavy (non-hydrogen) atoms. The summed E-state index contributed by atoms with van der Waals surface area (Å²) in [6.07, 6.45) is 2.03. The van der Waals surface area contributed by atoms with Gasteiger partial charge in [-0.05, 0) is 12.0 Å². The van der Waals surface area contributed by atoms with Crippen LogP contribution in [0.15, 0.2) is 5.11 Å². The van der Waals surface area contributed by atoms with Gasteiger partial charge in [-0.25, -0.2) is 4.79 Å². The van der Waals surface area contributed by atoms with Crippen molar-refractivity contribution in [3.63, 3.8) is 0 Å². The second-order valence-corrected chi connectivity index (χ2v) is 2.49. The molecule has 0 spiro atoms. The van der Waals surface area contributed by atoms with Crippen LogP contribution < -0.4 is 10.6 Å². The minimum absolute atomic E-state index is 0.207. The number of carbonyl (C=O) groups excluding carboxylic acids is 1. The second kappa shape index (κ2) is 8.67. The summed E-state index contributed by atoms with van der Waals surface area (Å²) in [4.78, 5) is 13.5. The maximum Gasteiger partial charge on any atom is 0.314 e. The number of nitrogens with zero attached hydrogens (tertiary/aromatic N) is 3. The van der Waals surface area contributed by atoms with E-state index in [9.17, 15) is 4.79 Å². The summed E-state index contributed by atoms with van der Waals surface area (Å²) in [7, 11) is 0. The van der Waals surface area contributed by atoms with Crippen molar-refractivity contribution in [2.75, 3.05) is 19.6 Å². The average molecular weight is 185 g/mol. The van der Waals surface area contributed by atoms with Gasteiger partial charge >= 0.3 is 6.03 Å². The van der Waals surface area contributed by atoms with Crippen LogP contribution in [-0.2, 0) is 0 Å². The Hall–Kier alpha value is -1.42. The number of nitrogens with one attached hydrogen (secondary N) is 2. The number of urea groups is 1. The maximum absolute atomic E-state index is 10.9. The molecule has 0 aliphatic rings. The molecule has 0 aliphatic carbocycles. The zero-order chi connectivity index (χ0) is 9.94. The number of hydrogen-bond donors (Lipinski definition) is 2. The highest BCUT2D eigenvalue weighted by molar-refractivity contribution is 5.73. The smallest absolute Gasteiger partial charge is 0.314 e. The van der Waals surface area contributed by atoms with Gasteiger partial charge < -0.3 is 10.6 Å². The largest absolute Gasteiger partial charge is 0.338 e. The van der Waals surface area contributed by atoms with Crippen LogP contribution in [0, 0.1) is 0 Å². The topological polar surface area (TPSA) is 89.9 Å². The molecule has 6 heteroatoms. The van der Waals surface area contributed by atoms with Crippen molar-refractivity contribution < 1.29 is 4.79 Å². The highest BCUT2D eigenvalue weighted by Crippen LogP contribution is 1.81. The fourth-order valence-corrected chi connectivity index (χ4v) is 0.705. The summed E-state index contributed by atoms with van der Waals surface area (Å²) in [5.41, 5.74) is 7.93. The highest BCUT2D eigenvalue weighted by Gasteiger charge is 1.95. The van der Waals surface area contributed by atoms with Gasteiger partial charge in [-0.2, -0.15) is 0 Å². The monoisotopic (exact) mass is 185 g/mol. The Bertz CT molecular complexity index is 187. The Kier molecular flexibility index (Phi) is 7.73. The van der Waals surface area contributed by atoms with Crippen LogP contribution in [0.4, 0.5) is 4.79 Å². The van der Waals surface area contributed by atoms with Gasteiger partial charge in [0.1, 0.15) is 0 Å². The van der Waals surface area contributed by atoms with Crippen molar-refractivity contribution in [1.29, 1.82) is 0 Å². The Morgan fingerprint density at radius 3 is 2.77 bits per heavy atom. The Labute approximate surface area is 77.3 Å². The summed E-state index contributed by atoms with van der Waals surface area (Å²) >= 11 is 0. The number of amides is 2. The fourth-order valence-electron chi connectivity index (χ4n) is 0.705. The average Bonchev–Trinajstić information content (AvgIpc) is 2.13. The minimum Gasteiger partial charge on any atom is -0.338 e. The molecule has 0 heterocycles. The van der Waals surface area contributed by atoms with Gasteiger partial charge in [0.2, 0.25) is 0 Å². The molecule has 0 bridgehead atoms. The molecule has 2 amide bonds. The number of rotatable bonds is 6. The van der Waals surface area contributed by atoms with E-state index in [0.717, 1.165) is 12.8 Å². The lowest BCUT2D eigenvalue weighted by molar-refractivity contribution is 0.241. The molecule has 0 unspecified atom stereocenters. The molecule has 0 fully saturated rings. The fraction of sp³-hybridized carbons (Fsp3) is 0.857. The normalized spacial score (nSPS) is 8.69. The number of azide groups is 1. The van der Waals surface area contributed by atoms with Gasteiger partial charge in [-0.1, -0.05) is 18.5 Å². The third kappa shape index (κ3) is 8.49. The van der Waals surface area contributed by atoms with Crippen LogP contribution in [0.3, 0.4) is 0 Å². The predicted octanol–water partition coefficient (Wildman–Crippen LogP) is 1.40. The molecule has 0 aromatic heterocycles. The number of hydrogen-bond acceptors (Lipinski definition) is 2. The van der Waals surface area contributed by atoms with E-state index in [1.54, 1.807) is 0 Å². The van der Waals surface area contributed by atoms with Gasteiger partial charge in [0, 0.05) is 24.5 Å². The van der Waals surface area contributed by atoms with Crippen LogP contribution in [0.25, 0.3) is 10.4 Å². The third-order valence-electron chi connectivity index (χ3n) is 1.38. The van der Waals surface area contributed by atoms with Crippen LogP contribution in [0.5, 0.6) is 0 Å². The molecule has 0 aromatic rings. The van der Waals surface area contributed by atoms with Gasteiger partial charge in [0.05, 0.1) is 0 Å². The van der Waals surface area contributed by atoms with Crippen LogP contribution >= 0.6 is 0 Å². The van der Waals surface area contributed by atoms with Crippen molar-refractivity contribution in [3.05, 3.63) is 10.4 Å². The van der Waals surface area contributed by atoms with Gasteiger partial charge in [0.15, 0.2) is 0 Å². The van der Waals surface area contributed by atoms with Gasteiger partial charge in [0.25, 0.3) is 0 Å². The molecule has 0 radical (unpaired) electrons. The molecule has 0 atom stereocenters. The first-order chi connectivity index (χ1) is 6.31. The van der Waals surface area contributed by atoms with Gasteiger partial charge in [-0.3, -0.25) is 0 Å². The van der Waals surface area contributed by atoms with Crippen molar-refractivity contribution in [3.8, 4) is 0 Å². The van der Waals surface area contributed by atoms with E-state index in [0.29, 0.717) is 13.1 Å². The van der Waals surface area contributed by atoms with Crippen molar-refractivity contribution >= 4 is 6.03 Å². The second-order valence-electron chi connectivity index (χ2n) is 2.49. The zero-order valence-corrected chi connectivity index (χ0v) is 7.79. The molecular formula is C7H15N5O. The quantitative estimate of drug-likeness (QED) is 0.278. The first-order valence-corrected chi connectivity index (χ1v) is 4.33. The van der Waals surface area contributed by atoms with E-state index in [4.69, 9.17) is 5.53 Å². The molecule has 0 aromatic carbocycles. The van der Waals surface area contributed by atoms with Crippen molar-refractivity contribution in [2.24, 2.45) is 5.11 Å². The van der Waals surface area contributed by atoms with Crippen LogP contribution in [0.1, 0.15) is 19.8 Å². The molecule has 0 saturated heterocycles. The summed E-state index contributed by atoms with van der Waals surface area (Å²) in [6.45, 7) is 3.41.